The van der Waals surface area contributed by atoms with E-state index in [9.17, 15) is 0 Å². The fourth-order valence-corrected chi connectivity index (χ4v) is 2.32. The van der Waals surface area contributed by atoms with Gasteiger partial charge in [0.1, 0.15) is 5.75 Å². The Morgan fingerprint density at radius 1 is 0.850 bits per heavy atom. The molecule has 0 bridgehead atoms. The number of hydrogen-bond acceptors (Lipinski definition) is 1. The van der Waals surface area contributed by atoms with Crippen LogP contribution in [-0.4, -0.2) is 6.61 Å². The smallest absolute Gasteiger partial charge is 0.122 e. The summed E-state index contributed by atoms with van der Waals surface area (Å²) in [6.45, 7) is 9.43. The molecule has 0 heterocycles. The highest BCUT2D eigenvalue weighted by atomic mass is 16.5. The fourth-order valence-electron chi connectivity index (χ4n) is 2.32. The summed E-state index contributed by atoms with van der Waals surface area (Å²) in [5.41, 5.74) is 6.42. The lowest BCUT2D eigenvalue weighted by atomic mass is 9.96. The maximum Gasteiger partial charge on any atom is 0.122 e. The monoisotopic (exact) mass is 268 g/mol. The molecule has 0 aliphatic rings. The molecule has 0 aromatic heterocycles. The highest BCUT2D eigenvalue weighted by molar-refractivity contribution is 5.70. The van der Waals surface area contributed by atoms with Crippen LogP contribution < -0.4 is 4.74 Å². The second-order valence-electron chi connectivity index (χ2n) is 5.43. The number of rotatable bonds is 5. The molecule has 0 spiro atoms. The van der Waals surface area contributed by atoms with Gasteiger partial charge >= 0.3 is 0 Å². The van der Waals surface area contributed by atoms with Crippen LogP contribution in [0.15, 0.2) is 36.4 Å². The molecule has 0 saturated carbocycles. The number of aryl methyl sites for hydroxylation is 1. The molecule has 0 amide bonds. The molecule has 0 radical (unpaired) electrons. The van der Waals surface area contributed by atoms with Gasteiger partial charge in [-0.25, -0.2) is 0 Å². The van der Waals surface area contributed by atoms with Crippen molar-refractivity contribution >= 4 is 0 Å². The molecule has 0 aliphatic carbocycles. The maximum atomic E-state index is 5.87. The van der Waals surface area contributed by atoms with Crippen molar-refractivity contribution in [2.45, 2.75) is 40.5 Å². The topological polar surface area (TPSA) is 9.23 Å². The zero-order valence-corrected chi connectivity index (χ0v) is 13.0. The zero-order chi connectivity index (χ0) is 14.5. The molecule has 0 fully saturated rings. The van der Waals surface area contributed by atoms with Gasteiger partial charge in [0, 0.05) is 0 Å². The first kappa shape index (κ1) is 14.6. The van der Waals surface area contributed by atoms with E-state index in [1.165, 1.54) is 34.2 Å². The molecule has 20 heavy (non-hydrogen) atoms. The van der Waals surface area contributed by atoms with Crippen LogP contribution in [0.4, 0.5) is 0 Å². The second kappa shape index (κ2) is 6.60. The van der Waals surface area contributed by atoms with E-state index in [2.05, 4.69) is 64.1 Å². The number of benzene rings is 2. The van der Waals surface area contributed by atoms with Crippen LogP contribution in [0.25, 0.3) is 11.1 Å². The Labute approximate surface area is 122 Å². The Morgan fingerprint density at radius 3 is 2.20 bits per heavy atom. The molecule has 0 unspecified atom stereocenters. The fraction of sp³-hybridized carbons (Fsp3) is 0.368. The van der Waals surface area contributed by atoms with Crippen LogP contribution in [0.3, 0.4) is 0 Å². The van der Waals surface area contributed by atoms with Gasteiger partial charge in [0.15, 0.2) is 0 Å². The lowest BCUT2D eigenvalue weighted by Crippen LogP contribution is -2.00. The van der Waals surface area contributed by atoms with Crippen molar-refractivity contribution < 1.29 is 4.74 Å². The second-order valence-corrected chi connectivity index (χ2v) is 5.43. The summed E-state index contributed by atoms with van der Waals surface area (Å²) in [6, 6.07) is 13.0. The van der Waals surface area contributed by atoms with Gasteiger partial charge in [-0.15, -0.1) is 0 Å². The zero-order valence-electron chi connectivity index (χ0n) is 13.0. The summed E-state index contributed by atoms with van der Waals surface area (Å²) in [5, 5.41) is 0. The van der Waals surface area contributed by atoms with E-state index in [0.717, 1.165) is 18.8 Å². The van der Waals surface area contributed by atoms with Gasteiger partial charge < -0.3 is 4.74 Å². The number of ether oxygens (including phenoxy) is 1. The van der Waals surface area contributed by atoms with E-state index >= 15 is 0 Å². The van der Waals surface area contributed by atoms with Crippen LogP contribution in [0.2, 0.25) is 0 Å². The van der Waals surface area contributed by atoms with Crippen molar-refractivity contribution in [1.29, 1.82) is 0 Å². The molecular formula is C19H24O. The Hall–Kier alpha value is -1.76. The van der Waals surface area contributed by atoms with Crippen molar-refractivity contribution in [3.63, 3.8) is 0 Å². The third-order valence-corrected chi connectivity index (χ3v) is 3.86. The van der Waals surface area contributed by atoms with E-state index < -0.39 is 0 Å². The lowest BCUT2D eigenvalue weighted by molar-refractivity contribution is 0.307. The Balaban J connectivity index is 2.28. The van der Waals surface area contributed by atoms with Crippen molar-refractivity contribution in [3.05, 3.63) is 53.1 Å². The van der Waals surface area contributed by atoms with Crippen molar-refractivity contribution in [2.24, 2.45) is 0 Å². The molecule has 0 atom stereocenters. The van der Waals surface area contributed by atoms with Crippen LogP contribution in [0.1, 0.15) is 36.5 Å². The minimum atomic E-state index is 0.806. The summed E-state index contributed by atoms with van der Waals surface area (Å²) >= 11 is 0. The Morgan fingerprint density at radius 2 is 1.55 bits per heavy atom. The van der Waals surface area contributed by atoms with Crippen molar-refractivity contribution in [2.75, 3.05) is 6.61 Å². The minimum Gasteiger partial charge on any atom is -0.493 e. The summed E-state index contributed by atoms with van der Waals surface area (Å²) in [7, 11) is 0. The van der Waals surface area contributed by atoms with Crippen LogP contribution in [-0.2, 0) is 0 Å². The molecule has 2 aromatic rings. The average Bonchev–Trinajstić information content (AvgIpc) is 2.45. The summed E-state index contributed by atoms with van der Waals surface area (Å²) in [5.74, 6) is 1.02. The molecule has 106 valence electrons. The minimum absolute atomic E-state index is 0.806. The van der Waals surface area contributed by atoms with Crippen molar-refractivity contribution in [1.82, 2.24) is 0 Å². The van der Waals surface area contributed by atoms with Gasteiger partial charge in [-0.1, -0.05) is 49.2 Å². The number of hydrogen-bond donors (Lipinski definition) is 0. The van der Waals surface area contributed by atoms with Gasteiger partial charge in [-0.3, -0.25) is 0 Å². The predicted octanol–water partition coefficient (Wildman–Crippen LogP) is 5.46. The molecule has 0 N–H and O–H groups in total. The molecule has 1 heteroatoms. The maximum absolute atomic E-state index is 5.87. The van der Waals surface area contributed by atoms with Gasteiger partial charge in [-0.05, 0) is 55.5 Å². The third-order valence-electron chi connectivity index (χ3n) is 3.86. The normalized spacial score (nSPS) is 10.6. The standard InChI is InChI=1S/C19H24O/c1-5-6-13-20-19-12-11-18(15(3)16(19)4)17-9-7-14(2)8-10-17/h7-12H,5-6,13H2,1-4H3. The molecule has 2 rings (SSSR count). The first-order valence-corrected chi connectivity index (χ1v) is 7.43. The van der Waals surface area contributed by atoms with E-state index in [1.807, 2.05) is 0 Å². The molecule has 0 saturated heterocycles. The molecule has 2 aromatic carbocycles. The number of unbranched alkanes of at least 4 members (excludes halogenated alkanes) is 1. The van der Waals surface area contributed by atoms with E-state index in [-0.39, 0.29) is 0 Å². The van der Waals surface area contributed by atoms with E-state index in [4.69, 9.17) is 4.74 Å². The van der Waals surface area contributed by atoms with Crippen LogP contribution in [0.5, 0.6) is 5.75 Å². The quantitative estimate of drug-likeness (QED) is 0.654. The summed E-state index contributed by atoms with van der Waals surface area (Å²) in [4.78, 5) is 0. The highest BCUT2D eigenvalue weighted by Gasteiger charge is 2.08. The first-order chi connectivity index (χ1) is 9.63. The highest BCUT2D eigenvalue weighted by Crippen LogP contribution is 2.31. The molecular weight excluding hydrogens is 244 g/mol. The molecule has 0 aliphatic heterocycles. The van der Waals surface area contributed by atoms with Gasteiger partial charge in [0.25, 0.3) is 0 Å². The SMILES string of the molecule is CCCCOc1ccc(-c2ccc(C)cc2)c(C)c1C. The predicted molar refractivity (Wildman–Crippen MR) is 86.5 cm³/mol. The average molecular weight is 268 g/mol. The van der Waals surface area contributed by atoms with Crippen LogP contribution in [0, 0.1) is 20.8 Å². The lowest BCUT2D eigenvalue weighted by Gasteiger charge is -2.14. The van der Waals surface area contributed by atoms with E-state index in [1.54, 1.807) is 0 Å². The Bertz CT molecular complexity index is 567. The largest absolute Gasteiger partial charge is 0.493 e. The Kier molecular flexibility index (Phi) is 4.84. The van der Waals surface area contributed by atoms with Crippen molar-refractivity contribution in [3.8, 4) is 16.9 Å². The van der Waals surface area contributed by atoms with Gasteiger partial charge in [0.05, 0.1) is 6.61 Å². The summed E-state index contributed by atoms with van der Waals surface area (Å²) < 4.78 is 5.87. The van der Waals surface area contributed by atoms with Crippen LogP contribution >= 0.6 is 0 Å². The molecule has 1 nitrogen and oxygen atoms in total. The summed E-state index contributed by atoms with van der Waals surface area (Å²) in [6.07, 6.45) is 2.28. The van der Waals surface area contributed by atoms with E-state index in [0.29, 0.717) is 0 Å². The first-order valence-electron chi connectivity index (χ1n) is 7.43. The third kappa shape index (κ3) is 3.22. The van der Waals surface area contributed by atoms with Gasteiger partial charge in [0.2, 0.25) is 0 Å². The van der Waals surface area contributed by atoms with Gasteiger partial charge in [-0.2, -0.15) is 0 Å².